The van der Waals surface area contributed by atoms with Crippen LogP contribution in [0.1, 0.15) is 19.4 Å². The van der Waals surface area contributed by atoms with Crippen LogP contribution in [0.5, 0.6) is 5.75 Å². The van der Waals surface area contributed by atoms with Gasteiger partial charge in [0, 0.05) is 32.2 Å². The predicted molar refractivity (Wildman–Crippen MR) is 75.2 cm³/mol. The van der Waals surface area contributed by atoms with Crippen molar-refractivity contribution in [1.29, 1.82) is 0 Å². The van der Waals surface area contributed by atoms with Crippen LogP contribution >= 0.6 is 0 Å². The number of rotatable bonds is 5. The summed E-state index contributed by atoms with van der Waals surface area (Å²) in [6.07, 6.45) is 0.878. The van der Waals surface area contributed by atoms with Crippen molar-refractivity contribution in [2.45, 2.75) is 26.3 Å². The van der Waals surface area contributed by atoms with Gasteiger partial charge in [0.1, 0.15) is 0 Å². The van der Waals surface area contributed by atoms with Gasteiger partial charge in [-0.05, 0) is 38.0 Å². The van der Waals surface area contributed by atoms with Gasteiger partial charge in [-0.3, -0.25) is 4.90 Å². The van der Waals surface area contributed by atoms with Gasteiger partial charge in [-0.25, -0.2) is 4.39 Å². The minimum Gasteiger partial charge on any atom is -0.491 e. The molecule has 1 saturated heterocycles. The molecule has 1 aromatic carbocycles. The Morgan fingerprint density at radius 3 is 2.74 bits per heavy atom. The minimum absolute atomic E-state index is 0.258. The van der Waals surface area contributed by atoms with E-state index in [1.807, 2.05) is 13.0 Å². The van der Waals surface area contributed by atoms with Crippen LogP contribution in [0.3, 0.4) is 0 Å². The fourth-order valence-corrected chi connectivity index (χ4v) is 2.54. The molecule has 19 heavy (non-hydrogen) atoms. The molecular weight excluding hydrogens is 243 g/mol. The van der Waals surface area contributed by atoms with Gasteiger partial charge in [-0.2, -0.15) is 0 Å². The Kier molecular flexibility index (Phi) is 5.16. The normalized spacial score (nSPS) is 18.3. The highest BCUT2D eigenvalue weighted by Crippen LogP contribution is 2.20. The molecule has 1 aromatic rings. The molecule has 1 fully saturated rings. The smallest absolute Gasteiger partial charge is 0.165 e. The van der Waals surface area contributed by atoms with Crippen LogP contribution in [0.2, 0.25) is 0 Å². The van der Waals surface area contributed by atoms with Gasteiger partial charge in [-0.15, -0.1) is 0 Å². The van der Waals surface area contributed by atoms with Crippen LogP contribution in [0.15, 0.2) is 18.2 Å². The van der Waals surface area contributed by atoms with E-state index in [9.17, 15) is 4.39 Å². The summed E-state index contributed by atoms with van der Waals surface area (Å²) in [5, 5.41) is 3.35. The second-order valence-electron chi connectivity index (χ2n) is 5.04. The van der Waals surface area contributed by atoms with Crippen molar-refractivity contribution in [2.24, 2.45) is 0 Å². The van der Waals surface area contributed by atoms with E-state index in [0.29, 0.717) is 18.4 Å². The average Bonchev–Trinajstić information content (AvgIpc) is 2.43. The first-order valence-corrected chi connectivity index (χ1v) is 7.06. The van der Waals surface area contributed by atoms with Crippen molar-refractivity contribution in [3.05, 3.63) is 29.6 Å². The molecule has 0 bridgehead atoms. The molecule has 0 amide bonds. The van der Waals surface area contributed by atoms with E-state index in [4.69, 9.17) is 4.74 Å². The van der Waals surface area contributed by atoms with Crippen LogP contribution in [0, 0.1) is 5.82 Å². The van der Waals surface area contributed by atoms with Crippen molar-refractivity contribution in [2.75, 3.05) is 32.8 Å². The van der Waals surface area contributed by atoms with Gasteiger partial charge in [0.25, 0.3) is 0 Å². The number of benzene rings is 1. The summed E-state index contributed by atoms with van der Waals surface area (Å²) < 4.78 is 19.0. The zero-order chi connectivity index (χ0) is 13.7. The summed E-state index contributed by atoms with van der Waals surface area (Å²) in [4.78, 5) is 2.45. The zero-order valence-corrected chi connectivity index (χ0v) is 11.8. The maximum absolute atomic E-state index is 13.8. The van der Waals surface area contributed by atoms with Crippen LogP contribution in [-0.2, 0) is 6.42 Å². The SMILES string of the molecule is CCOc1ccc(CC(C)N2CCNCC2)cc1F. The van der Waals surface area contributed by atoms with Crippen LogP contribution in [-0.4, -0.2) is 43.7 Å². The summed E-state index contributed by atoms with van der Waals surface area (Å²) in [7, 11) is 0. The van der Waals surface area contributed by atoms with Crippen LogP contribution in [0.4, 0.5) is 4.39 Å². The molecule has 1 atom stereocenters. The lowest BCUT2D eigenvalue weighted by atomic mass is 10.0. The highest BCUT2D eigenvalue weighted by atomic mass is 19.1. The molecule has 1 heterocycles. The first-order valence-electron chi connectivity index (χ1n) is 7.06. The molecule has 0 aromatic heterocycles. The standard InChI is InChI=1S/C15H23FN2O/c1-3-19-15-5-4-13(11-14(15)16)10-12(2)18-8-6-17-7-9-18/h4-5,11-12,17H,3,6-10H2,1-2H3. The summed E-state index contributed by atoms with van der Waals surface area (Å²) >= 11 is 0. The molecule has 0 aliphatic carbocycles. The van der Waals surface area contributed by atoms with Gasteiger partial charge >= 0.3 is 0 Å². The molecule has 3 nitrogen and oxygen atoms in total. The van der Waals surface area contributed by atoms with Crippen molar-refractivity contribution < 1.29 is 9.13 Å². The fourth-order valence-electron chi connectivity index (χ4n) is 2.54. The average molecular weight is 266 g/mol. The second kappa shape index (κ2) is 6.87. The lowest BCUT2D eigenvalue weighted by Crippen LogP contribution is -2.48. The maximum Gasteiger partial charge on any atom is 0.165 e. The van der Waals surface area contributed by atoms with E-state index in [0.717, 1.165) is 38.2 Å². The molecule has 1 N–H and O–H groups in total. The van der Waals surface area contributed by atoms with Crippen LogP contribution < -0.4 is 10.1 Å². The Morgan fingerprint density at radius 2 is 2.11 bits per heavy atom. The summed E-state index contributed by atoms with van der Waals surface area (Å²) in [6.45, 7) is 8.79. The lowest BCUT2D eigenvalue weighted by Gasteiger charge is -2.32. The van der Waals surface area contributed by atoms with Crippen LogP contribution in [0.25, 0.3) is 0 Å². The summed E-state index contributed by atoms with van der Waals surface area (Å²) in [6, 6.07) is 5.74. The Hall–Kier alpha value is -1.13. The fraction of sp³-hybridized carbons (Fsp3) is 0.600. The summed E-state index contributed by atoms with van der Waals surface area (Å²) in [5.41, 5.74) is 1.03. The largest absolute Gasteiger partial charge is 0.491 e. The highest BCUT2D eigenvalue weighted by molar-refractivity contribution is 5.29. The molecular formula is C15H23FN2O. The van der Waals surface area contributed by atoms with Gasteiger partial charge < -0.3 is 10.1 Å². The zero-order valence-electron chi connectivity index (χ0n) is 11.8. The van der Waals surface area contributed by atoms with E-state index in [-0.39, 0.29) is 5.82 Å². The predicted octanol–water partition coefficient (Wildman–Crippen LogP) is 2.06. The first kappa shape index (κ1) is 14.3. The van der Waals surface area contributed by atoms with Crippen molar-refractivity contribution in [3.63, 3.8) is 0 Å². The topological polar surface area (TPSA) is 24.5 Å². The first-order chi connectivity index (χ1) is 9.20. The number of piperazine rings is 1. The van der Waals surface area contributed by atoms with E-state index in [2.05, 4.69) is 17.1 Å². The summed E-state index contributed by atoms with van der Waals surface area (Å²) in [5.74, 6) is 0.0907. The molecule has 4 heteroatoms. The molecule has 0 saturated carbocycles. The number of ether oxygens (including phenoxy) is 1. The highest BCUT2D eigenvalue weighted by Gasteiger charge is 2.17. The molecule has 2 rings (SSSR count). The Labute approximate surface area is 114 Å². The Bertz CT molecular complexity index is 405. The Morgan fingerprint density at radius 1 is 1.37 bits per heavy atom. The molecule has 0 radical (unpaired) electrons. The van der Waals surface area contributed by atoms with Gasteiger partial charge in [0.05, 0.1) is 6.61 Å². The lowest BCUT2D eigenvalue weighted by molar-refractivity contribution is 0.183. The van der Waals surface area contributed by atoms with Crippen molar-refractivity contribution >= 4 is 0 Å². The van der Waals surface area contributed by atoms with Crippen molar-refractivity contribution in [3.8, 4) is 5.75 Å². The van der Waals surface area contributed by atoms with Gasteiger partial charge in [-0.1, -0.05) is 6.07 Å². The molecule has 1 aliphatic rings. The van der Waals surface area contributed by atoms with E-state index >= 15 is 0 Å². The maximum atomic E-state index is 13.8. The number of nitrogens with one attached hydrogen (secondary N) is 1. The van der Waals surface area contributed by atoms with Crippen molar-refractivity contribution in [1.82, 2.24) is 10.2 Å². The third-order valence-corrected chi connectivity index (χ3v) is 3.60. The number of nitrogens with zero attached hydrogens (tertiary/aromatic N) is 1. The third-order valence-electron chi connectivity index (χ3n) is 3.60. The van der Waals surface area contributed by atoms with E-state index in [1.165, 1.54) is 0 Å². The number of hydrogen-bond acceptors (Lipinski definition) is 3. The van der Waals surface area contributed by atoms with E-state index < -0.39 is 0 Å². The van der Waals surface area contributed by atoms with Gasteiger partial charge in [0.2, 0.25) is 0 Å². The molecule has 1 unspecified atom stereocenters. The van der Waals surface area contributed by atoms with E-state index in [1.54, 1.807) is 12.1 Å². The second-order valence-corrected chi connectivity index (χ2v) is 5.04. The molecule has 1 aliphatic heterocycles. The number of halogens is 1. The number of hydrogen-bond donors (Lipinski definition) is 1. The monoisotopic (exact) mass is 266 g/mol. The molecule has 0 spiro atoms. The Balaban J connectivity index is 1.96. The quantitative estimate of drug-likeness (QED) is 0.883. The van der Waals surface area contributed by atoms with Gasteiger partial charge in [0.15, 0.2) is 11.6 Å². The molecule has 106 valence electrons. The third kappa shape index (κ3) is 3.91. The minimum atomic E-state index is -0.258.